The van der Waals surface area contributed by atoms with Crippen LogP contribution in [0.25, 0.3) is 6.08 Å². The summed E-state index contributed by atoms with van der Waals surface area (Å²) in [5.41, 5.74) is 1.20. The number of nitrogens with zero attached hydrogens (tertiary/aromatic N) is 3. The number of rotatable bonds is 6. The molecule has 2 aromatic rings. The minimum atomic E-state index is -0.744. The lowest BCUT2D eigenvalue weighted by Crippen LogP contribution is -2.57. The highest BCUT2D eigenvalue weighted by molar-refractivity contribution is 5.97. The van der Waals surface area contributed by atoms with Crippen molar-refractivity contribution >= 4 is 29.5 Å². The lowest BCUT2D eigenvalue weighted by atomic mass is 9.85. The highest BCUT2D eigenvalue weighted by Crippen LogP contribution is 2.39. The average molecular weight is 501 g/mol. The van der Waals surface area contributed by atoms with Gasteiger partial charge in [0.2, 0.25) is 11.8 Å². The molecule has 0 unspecified atom stereocenters. The second-order valence-electron chi connectivity index (χ2n) is 10.4. The summed E-state index contributed by atoms with van der Waals surface area (Å²) in [5.74, 6) is -0.134. The highest BCUT2D eigenvalue weighted by atomic mass is 16.2. The summed E-state index contributed by atoms with van der Waals surface area (Å²) in [6, 6.07) is 19.9. The predicted octanol–water partition coefficient (Wildman–Crippen LogP) is 3.82. The van der Waals surface area contributed by atoms with Gasteiger partial charge in [-0.25, -0.2) is 0 Å². The van der Waals surface area contributed by atoms with E-state index in [0.29, 0.717) is 32.6 Å². The highest BCUT2D eigenvalue weighted by Gasteiger charge is 2.54. The van der Waals surface area contributed by atoms with Crippen LogP contribution in [0.5, 0.6) is 0 Å². The number of piperidine rings is 1. The van der Waals surface area contributed by atoms with E-state index in [9.17, 15) is 14.4 Å². The molecular formula is C30H36N4O3. The molecule has 1 spiro atoms. The van der Waals surface area contributed by atoms with Gasteiger partial charge < -0.3 is 20.0 Å². The van der Waals surface area contributed by atoms with Crippen LogP contribution in [0.2, 0.25) is 0 Å². The summed E-state index contributed by atoms with van der Waals surface area (Å²) in [5, 5.41) is 3.15. The molecule has 7 nitrogen and oxygen atoms in total. The number of carbonyl (C=O) groups is 3. The molecule has 1 saturated carbocycles. The van der Waals surface area contributed by atoms with Crippen molar-refractivity contribution in [3.8, 4) is 0 Å². The minimum absolute atomic E-state index is 0.0120. The van der Waals surface area contributed by atoms with Gasteiger partial charge in [-0.2, -0.15) is 0 Å². The lowest BCUT2D eigenvalue weighted by Gasteiger charge is -2.43. The van der Waals surface area contributed by atoms with Crippen LogP contribution >= 0.6 is 0 Å². The molecule has 194 valence electrons. The van der Waals surface area contributed by atoms with E-state index in [1.165, 1.54) is 6.42 Å². The summed E-state index contributed by atoms with van der Waals surface area (Å²) >= 11 is 0. The first-order chi connectivity index (χ1) is 18.0. The molecule has 0 atom stereocenters. The Hall–Kier alpha value is -3.61. The fraction of sp³-hybridized carbons (Fsp3) is 0.433. The van der Waals surface area contributed by atoms with E-state index in [2.05, 4.69) is 10.2 Å². The van der Waals surface area contributed by atoms with E-state index < -0.39 is 5.54 Å². The Morgan fingerprint density at radius 3 is 2.24 bits per heavy atom. The number of likely N-dealkylation sites (tertiary alicyclic amines) is 1. The van der Waals surface area contributed by atoms with Gasteiger partial charge in [0.25, 0.3) is 5.91 Å². The quantitative estimate of drug-likeness (QED) is 0.612. The SMILES string of the molecule is O=C(CN1CN(c2ccccc2)C2(CCN(C(=O)/C=C/c3ccccc3)CC2)C1=O)NC1CCCCC1. The fourth-order valence-corrected chi connectivity index (χ4v) is 5.95. The summed E-state index contributed by atoms with van der Waals surface area (Å²) in [4.78, 5) is 45.3. The molecule has 3 aliphatic rings. The molecule has 1 aliphatic carbocycles. The largest absolute Gasteiger partial charge is 0.352 e. The summed E-state index contributed by atoms with van der Waals surface area (Å²) in [6.07, 6.45) is 10.1. The normalized spacial score (nSPS) is 20.1. The van der Waals surface area contributed by atoms with Crippen LogP contribution in [0.4, 0.5) is 5.69 Å². The maximum Gasteiger partial charge on any atom is 0.250 e. The zero-order valence-corrected chi connectivity index (χ0v) is 21.4. The lowest BCUT2D eigenvalue weighted by molar-refractivity contribution is -0.139. The molecule has 2 aromatic carbocycles. The van der Waals surface area contributed by atoms with Crippen molar-refractivity contribution in [2.45, 2.75) is 56.5 Å². The third kappa shape index (κ3) is 5.55. The number of hydrogen-bond acceptors (Lipinski definition) is 4. The van der Waals surface area contributed by atoms with Crippen LogP contribution in [0.1, 0.15) is 50.5 Å². The fourth-order valence-electron chi connectivity index (χ4n) is 5.95. The van der Waals surface area contributed by atoms with Crippen LogP contribution in [0, 0.1) is 0 Å². The molecule has 37 heavy (non-hydrogen) atoms. The monoisotopic (exact) mass is 500 g/mol. The molecule has 2 aliphatic heterocycles. The second-order valence-corrected chi connectivity index (χ2v) is 10.4. The van der Waals surface area contributed by atoms with Gasteiger partial charge in [-0.1, -0.05) is 67.8 Å². The Morgan fingerprint density at radius 2 is 1.57 bits per heavy atom. The summed E-state index contributed by atoms with van der Waals surface area (Å²) in [6.45, 7) is 1.44. The number of anilines is 1. The van der Waals surface area contributed by atoms with Crippen molar-refractivity contribution in [2.24, 2.45) is 0 Å². The van der Waals surface area contributed by atoms with Crippen molar-refractivity contribution in [3.63, 3.8) is 0 Å². The molecule has 2 heterocycles. The van der Waals surface area contributed by atoms with Gasteiger partial charge in [-0.05, 0) is 49.5 Å². The number of nitrogens with one attached hydrogen (secondary N) is 1. The smallest absolute Gasteiger partial charge is 0.250 e. The summed E-state index contributed by atoms with van der Waals surface area (Å²) < 4.78 is 0. The van der Waals surface area contributed by atoms with Crippen LogP contribution in [-0.4, -0.2) is 65.4 Å². The van der Waals surface area contributed by atoms with Gasteiger partial charge in [0.05, 0.1) is 6.67 Å². The van der Waals surface area contributed by atoms with E-state index >= 15 is 0 Å². The molecule has 3 fully saturated rings. The zero-order valence-electron chi connectivity index (χ0n) is 21.4. The third-order valence-electron chi connectivity index (χ3n) is 8.01. The second kappa shape index (κ2) is 11.2. The van der Waals surface area contributed by atoms with Crippen molar-refractivity contribution in [3.05, 3.63) is 72.3 Å². The number of para-hydroxylation sites is 1. The maximum absolute atomic E-state index is 13.9. The van der Waals surface area contributed by atoms with E-state index in [-0.39, 0.29) is 30.3 Å². The Morgan fingerprint density at radius 1 is 0.919 bits per heavy atom. The number of benzene rings is 2. The van der Waals surface area contributed by atoms with Crippen molar-refractivity contribution in [1.29, 1.82) is 0 Å². The zero-order chi connectivity index (χ0) is 25.7. The Kier molecular flexibility index (Phi) is 7.58. The van der Waals surface area contributed by atoms with E-state index in [1.54, 1.807) is 11.0 Å². The van der Waals surface area contributed by atoms with Crippen LogP contribution in [0.3, 0.4) is 0 Å². The minimum Gasteiger partial charge on any atom is -0.352 e. The van der Waals surface area contributed by atoms with Gasteiger partial charge >= 0.3 is 0 Å². The molecule has 1 N–H and O–H groups in total. The molecule has 5 rings (SSSR count). The van der Waals surface area contributed by atoms with Crippen molar-refractivity contribution in [2.75, 3.05) is 31.2 Å². The van der Waals surface area contributed by atoms with Gasteiger partial charge in [0, 0.05) is 30.9 Å². The van der Waals surface area contributed by atoms with Gasteiger partial charge in [-0.3, -0.25) is 14.4 Å². The van der Waals surface area contributed by atoms with Crippen molar-refractivity contribution < 1.29 is 14.4 Å². The Balaban J connectivity index is 1.28. The molecule has 0 bridgehead atoms. The molecular weight excluding hydrogens is 464 g/mol. The molecule has 2 saturated heterocycles. The van der Waals surface area contributed by atoms with Crippen LogP contribution < -0.4 is 10.2 Å². The Bertz CT molecular complexity index is 1120. The van der Waals surface area contributed by atoms with Gasteiger partial charge in [0.1, 0.15) is 12.1 Å². The maximum atomic E-state index is 13.9. The molecule has 0 radical (unpaired) electrons. The van der Waals surface area contributed by atoms with E-state index in [1.807, 2.05) is 71.6 Å². The Labute approximate surface area is 219 Å². The van der Waals surface area contributed by atoms with Gasteiger partial charge in [-0.15, -0.1) is 0 Å². The van der Waals surface area contributed by atoms with Crippen LogP contribution in [0.15, 0.2) is 66.7 Å². The number of amides is 3. The third-order valence-corrected chi connectivity index (χ3v) is 8.01. The summed E-state index contributed by atoms with van der Waals surface area (Å²) in [7, 11) is 0. The molecule has 0 aromatic heterocycles. The molecule has 3 amide bonds. The van der Waals surface area contributed by atoms with Gasteiger partial charge in [0.15, 0.2) is 0 Å². The first-order valence-electron chi connectivity index (χ1n) is 13.5. The number of hydrogen-bond donors (Lipinski definition) is 1. The number of carbonyl (C=O) groups excluding carboxylic acids is 3. The van der Waals surface area contributed by atoms with Crippen molar-refractivity contribution in [1.82, 2.24) is 15.1 Å². The average Bonchev–Trinajstić information content (AvgIpc) is 3.19. The van der Waals surface area contributed by atoms with E-state index in [0.717, 1.165) is 36.9 Å². The molecule has 7 heteroatoms. The standard InChI is InChI=1S/C30H36N4O3/c35-27(31-25-12-6-2-7-13-25)22-33-23-34(26-14-8-3-9-15-26)30(29(33)37)18-20-32(21-19-30)28(36)17-16-24-10-4-1-5-11-24/h1,3-5,8-11,14-17,25H,2,6-7,12-13,18-23H2,(H,31,35)/b17-16+. The predicted molar refractivity (Wildman–Crippen MR) is 145 cm³/mol. The topological polar surface area (TPSA) is 73.0 Å². The first kappa shape index (κ1) is 25.1. The van der Waals surface area contributed by atoms with E-state index in [4.69, 9.17) is 0 Å². The van der Waals surface area contributed by atoms with Crippen LogP contribution in [-0.2, 0) is 14.4 Å². The first-order valence-corrected chi connectivity index (χ1v) is 13.5.